The summed E-state index contributed by atoms with van der Waals surface area (Å²) in [5.74, 6) is 1.20. The molecule has 5 heteroatoms. The van der Waals surface area contributed by atoms with Gasteiger partial charge in [-0.3, -0.25) is 5.10 Å². The van der Waals surface area contributed by atoms with Gasteiger partial charge < -0.3 is 5.73 Å². The first-order valence-corrected chi connectivity index (χ1v) is 5.94. The average molecular weight is 279 g/mol. The van der Waals surface area contributed by atoms with Crippen molar-refractivity contribution in [3.8, 4) is 0 Å². The largest absolute Gasteiger partial charge is 0.367 e. The van der Waals surface area contributed by atoms with E-state index in [-0.39, 0.29) is 5.41 Å². The van der Waals surface area contributed by atoms with Crippen LogP contribution < -0.4 is 5.73 Å². The molecule has 82 valence electrons. The molecular weight excluding hydrogens is 268 g/mol. The third-order valence-corrected chi connectivity index (χ3v) is 3.63. The Hall–Kier alpha value is -1.36. The molecule has 0 aliphatic heterocycles. The fourth-order valence-electron chi connectivity index (χ4n) is 2.04. The van der Waals surface area contributed by atoms with Crippen LogP contribution in [0.5, 0.6) is 0 Å². The van der Waals surface area contributed by atoms with Crippen LogP contribution in [0.25, 0.3) is 0 Å². The predicted molar refractivity (Wildman–Crippen MR) is 65.0 cm³/mol. The number of hydrogen-bond donors (Lipinski definition) is 2. The predicted octanol–water partition coefficient (Wildman–Crippen LogP) is 2.23. The number of H-pyrrole nitrogens is 1. The van der Waals surface area contributed by atoms with E-state index in [1.807, 2.05) is 0 Å². The minimum absolute atomic E-state index is 0.0192. The van der Waals surface area contributed by atoms with Gasteiger partial charge in [-0.2, -0.15) is 4.98 Å². The molecule has 1 heterocycles. The molecule has 3 rings (SSSR count). The van der Waals surface area contributed by atoms with E-state index in [2.05, 4.69) is 55.4 Å². The number of rotatable bonds is 2. The van der Waals surface area contributed by atoms with Crippen molar-refractivity contribution in [1.82, 2.24) is 15.2 Å². The number of nitrogens with two attached hydrogens (primary N) is 1. The van der Waals surface area contributed by atoms with Gasteiger partial charge in [-0.05, 0) is 30.5 Å². The van der Waals surface area contributed by atoms with Gasteiger partial charge in [-0.1, -0.05) is 28.1 Å². The molecule has 0 radical (unpaired) electrons. The zero-order valence-corrected chi connectivity index (χ0v) is 10.2. The van der Waals surface area contributed by atoms with Crippen LogP contribution in [0.4, 0.5) is 5.95 Å². The summed E-state index contributed by atoms with van der Waals surface area (Å²) in [7, 11) is 0. The number of anilines is 1. The maximum Gasteiger partial charge on any atom is 0.239 e. The molecule has 1 aliphatic rings. The number of nitrogens with zero attached hydrogens (tertiary/aromatic N) is 2. The number of hydrogen-bond acceptors (Lipinski definition) is 3. The molecule has 0 saturated heterocycles. The van der Waals surface area contributed by atoms with E-state index >= 15 is 0 Å². The SMILES string of the molecule is Nc1n[nH]c(C2(c3ccc(Br)cc3)CC2)n1. The van der Waals surface area contributed by atoms with Crippen LogP contribution in [0.15, 0.2) is 28.7 Å². The van der Waals surface area contributed by atoms with E-state index in [0.717, 1.165) is 23.1 Å². The lowest BCUT2D eigenvalue weighted by Crippen LogP contribution is -2.10. The minimum Gasteiger partial charge on any atom is -0.367 e. The molecule has 1 aromatic carbocycles. The van der Waals surface area contributed by atoms with Gasteiger partial charge in [0.25, 0.3) is 0 Å². The minimum atomic E-state index is 0.0192. The van der Waals surface area contributed by atoms with E-state index in [1.54, 1.807) is 0 Å². The monoisotopic (exact) mass is 278 g/mol. The van der Waals surface area contributed by atoms with Gasteiger partial charge in [0.05, 0.1) is 5.41 Å². The fourth-order valence-corrected chi connectivity index (χ4v) is 2.31. The second kappa shape index (κ2) is 3.31. The van der Waals surface area contributed by atoms with Gasteiger partial charge in [-0.25, -0.2) is 0 Å². The quantitative estimate of drug-likeness (QED) is 0.885. The highest BCUT2D eigenvalue weighted by atomic mass is 79.9. The molecule has 1 fully saturated rings. The van der Waals surface area contributed by atoms with Crippen LogP contribution >= 0.6 is 15.9 Å². The Bertz CT molecular complexity index is 513. The van der Waals surface area contributed by atoms with E-state index in [9.17, 15) is 0 Å². The summed E-state index contributed by atoms with van der Waals surface area (Å²) < 4.78 is 1.09. The normalized spacial score (nSPS) is 17.3. The highest BCUT2D eigenvalue weighted by Crippen LogP contribution is 2.52. The van der Waals surface area contributed by atoms with E-state index in [0.29, 0.717) is 5.95 Å². The molecule has 0 spiro atoms. The summed E-state index contributed by atoms with van der Waals surface area (Å²) in [4.78, 5) is 4.24. The number of aromatic amines is 1. The first kappa shape index (κ1) is 9.84. The lowest BCUT2D eigenvalue weighted by Gasteiger charge is -2.11. The summed E-state index contributed by atoms with van der Waals surface area (Å²) >= 11 is 3.44. The lowest BCUT2D eigenvalue weighted by molar-refractivity contribution is 0.761. The molecule has 2 aromatic rings. The number of aromatic nitrogens is 3. The summed E-state index contributed by atoms with van der Waals surface area (Å²) in [6.45, 7) is 0. The van der Waals surface area contributed by atoms with Crippen molar-refractivity contribution < 1.29 is 0 Å². The molecule has 0 atom stereocenters. The lowest BCUT2D eigenvalue weighted by atomic mass is 9.95. The van der Waals surface area contributed by atoms with Crippen LogP contribution in [-0.2, 0) is 5.41 Å². The third kappa shape index (κ3) is 1.43. The fraction of sp³-hybridized carbons (Fsp3) is 0.273. The van der Waals surface area contributed by atoms with Crippen LogP contribution in [0.3, 0.4) is 0 Å². The topological polar surface area (TPSA) is 67.6 Å². The number of nitrogen functional groups attached to an aromatic ring is 1. The van der Waals surface area contributed by atoms with Crippen LogP contribution in [0.1, 0.15) is 24.2 Å². The number of benzene rings is 1. The van der Waals surface area contributed by atoms with Crippen LogP contribution in [-0.4, -0.2) is 15.2 Å². The Morgan fingerprint density at radius 1 is 1.25 bits per heavy atom. The second-order valence-corrected chi connectivity index (χ2v) is 5.05. The zero-order valence-electron chi connectivity index (χ0n) is 8.57. The average Bonchev–Trinajstić information content (AvgIpc) is 2.97. The van der Waals surface area contributed by atoms with Gasteiger partial charge in [0.1, 0.15) is 5.82 Å². The van der Waals surface area contributed by atoms with E-state index in [1.165, 1.54) is 5.56 Å². The Labute approximate surface area is 101 Å². The maximum absolute atomic E-state index is 5.54. The van der Waals surface area contributed by atoms with Crippen molar-refractivity contribution >= 4 is 21.9 Å². The van der Waals surface area contributed by atoms with Gasteiger partial charge >= 0.3 is 0 Å². The maximum atomic E-state index is 5.54. The van der Waals surface area contributed by atoms with Crippen molar-refractivity contribution in [2.45, 2.75) is 18.3 Å². The Morgan fingerprint density at radius 3 is 2.44 bits per heavy atom. The Kier molecular flexibility index (Phi) is 2.04. The molecule has 16 heavy (non-hydrogen) atoms. The summed E-state index contributed by atoms with van der Waals surface area (Å²) in [6.07, 6.45) is 2.20. The standard InChI is InChI=1S/C11H11BrN4/c12-8-3-1-7(2-4-8)11(5-6-11)9-14-10(13)16-15-9/h1-4H,5-6H2,(H3,13,14,15,16). The molecule has 1 aliphatic carbocycles. The van der Waals surface area contributed by atoms with Gasteiger partial charge in [0.15, 0.2) is 0 Å². The molecule has 3 N–H and O–H groups in total. The molecular formula is C11H11BrN4. The Morgan fingerprint density at radius 2 is 1.94 bits per heavy atom. The van der Waals surface area contributed by atoms with Gasteiger partial charge in [0.2, 0.25) is 5.95 Å². The van der Waals surface area contributed by atoms with Crippen molar-refractivity contribution in [2.24, 2.45) is 0 Å². The highest BCUT2D eigenvalue weighted by molar-refractivity contribution is 9.10. The van der Waals surface area contributed by atoms with Crippen molar-refractivity contribution in [1.29, 1.82) is 0 Å². The molecule has 1 aromatic heterocycles. The first-order chi connectivity index (χ1) is 7.71. The third-order valence-electron chi connectivity index (χ3n) is 3.10. The zero-order chi connectivity index (χ0) is 11.2. The van der Waals surface area contributed by atoms with E-state index in [4.69, 9.17) is 5.73 Å². The van der Waals surface area contributed by atoms with Gasteiger partial charge in [0, 0.05) is 4.47 Å². The number of halogens is 1. The summed E-state index contributed by atoms with van der Waals surface area (Å²) in [5, 5.41) is 6.82. The first-order valence-electron chi connectivity index (χ1n) is 5.15. The Balaban J connectivity index is 2.03. The summed E-state index contributed by atoms with van der Waals surface area (Å²) in [5.41, 5.74) is 6.83. The second-order valence-electron chi connectivity index (χ2n) is 4.13. The molecule has 4 nitrogen and oxygen atoms in total. The highest BCUT2D eigenvalue weighted by Gasteiger charge is 2.48. The van der Waals surface area contributed by atoms with Crippen molar-refractivity contribution in [2.75, 3.05) is 5.73 Å². The van der Waals surface area contributed by atoms with Crippen LogP contribution in [0.2, 0.25) is 0 Å². The van der Waals surface area contributed by atoms with E-state index < -0.39 is 0 Å². The van der Waals surface area contributed by atoms with Crippen LogP contribution in [0, 0.1) is 0 Å². The molecule has 1 saturated carbocycles. The smallest absolute Gasteiger partial charge is 0.239 e. The number of nitrogens with one attached hydrogen (secondary N) is 1. The molecule has 0 bridgehead atoms. The molecule has 0 unspecified atom stereocenters. The molecule has 0 amide bonds. The van der Waals surface area contributed by atoms with Gasteiger partial charge in [-0.15, -0.1) is 5.10 Å². The van der Waals surface area contributed by atoms with Crippen molar-refractivity contribution in [3.05, 3.63) is 40.1 Å². The summed E-state index contributed by atoms with van der Waals surface area (Å²) in [6, 6.07) is 8.34. The van der Waals surface area contributed by atoms with Crippen molar-refractivity contribution in [3.63, 3.8) is 0 Å².